The van der Waals surface area contributed by atoms with Gasteiger partial charge < -0.3 is 0 Å². The highest BCUT2D eigenvalue weighted by Crippen LogP contribution is 2.37. The summed E-state index contributed by atoms with van der Waals surface area (Å²) in [5.41, 5.74) is 1.37. The molecule has 0 N–H and O–H groups in total. The summed E-state index contributed by atoms with van der Waals surface area (Å²) >= 11 is 0. The third-order valence-electron chi connectivity index (χ3n) is 3.44. The van der Waals surface area contributed by atoms with Gasteiger partial charge >= 0.3 is 0 Å². The summed E-state index contributed by atoms with van der Waals surface area (Å²) in [5.74, 6) is 1.58. The second-order valence-corrected chi connectivity index (χ2v) is 5.15. The first kappa shape index (κ1) is 10.7. The fourth-order valence-corrected chi connectivity index (χ4v) is 2.05. The van der Waals surface area contributed by atoms with Crippen LogP contribution in [0.4, 0.5) is 0 Å². The SMILES string of the molecule is CCC(CC1CC1)n1cc(C(C)C)cn1. The van der Waals surface area contributed by atoms with E-state index in [1.54, 1.807) is 0 Å². The van der Waals surface area contributed by atoms with Crippen LogP contribution in [0, 0.1) is 5.92 Å². The van der Waals surface area contributed by atoms with Gasteiger partial charge in [0.1, 0.15) is 0 Å². The molecule has 1 aliphatic rings. The van der Waals surface area contributed by atoms with Crippen molar-refractivity contribution >= 4 is 0 Å². The van der Waals surface area contributed by atoms with Crippen molar-refractivity contribution in [3.63, 3.8) is 0 Å². The summed E-state index contributed by atoms with van der Waals surface area (Å²) < 4.78 is 2.19. The van der Waals surface area contributed by atoms with Gasteiger partial charge in [0.15, 0.2) is 0 Å². The number of nitrogens with zero attached hydrogens (tertiary/aromatic N) is 2. The molecule has 1 aromatic rings. The summed E-state index contributed by atoms with van der Waals surface area (Å²) in [6.45, 7) is 6.72. The number of rotatable bonds is 5. The van der Waals surface area contributed by atoms with E-state index in [4.69, 9.17) is 0 Å². The standard InChI is InChI=1S/C13H22N2/c1-4-13(7-11-5-6-11)15-9-12(8-14-15)10(2)3/h8-11,13H,4-7H2,1-3H3. The van der Waals surface area contributed by atoms with Crippen LogP contribution < -0.4 is 0 Å². The predicted octanol–water partition coefficient (Wildman–Crippen LogP) is 3.76. The van der Waals surface area contributed by atoms with Crippen molar-refractivity contribution in [1.29, 1.82) is 0 Å². The topological polar surface area (TPSA) is 17.8 Å². The van der Waals surface area contributed by atoms with Crippen molar-refractivity contribution in [1.82, 2.24) is 9.78 Å². The molecule has 0 radical (unpaired) electrons. The first-order valence-electron chi connectivity index (χ1n) is 6.24. The van der Waals surface area contributed by atoms with Gasteiger partial charge in [0, 0.05) is 6.20 Å². The van der Waals surface area contributed by atoms with Crippen LogP contribution in [0.5, 0.6) is 0 Å². The van der Waals surface area contributed by atoms with Gasteiger partial charge in [-0.3, -0.25) is 4.68 Å². The molecule has 2 rings (SSSR count). The minimum atomic E-state index is 0.595. The van der Waals surface area contributed by atoms with Crippen LogP contribution in [0.2, 0.25) is 0 Å². The van der Waals surface area contributed by atoms with E-state index in [9.17, 15) is 0 Å². The third kappa shape index (κ3) is 2.61. The minimum Gasteiger partial charge on any atom is -0.269 e. The number of hydrogen-bond donors (Lipinski definition) is 0. The zero-order valence-corrected chi connectivity index (χ0v) is 10.1. The van der Waals surface area contributed by atoms with Gasteiger partial charge in [0.2, 0.25) is 0 Å². The second-order valence-electron chi connectivity index (χ2n) is 5.15. The Morgan fingerprint density at radius 1 is 1.47 bits per heavy atom. The molecule has 84 valence electrons. The van der Waals surface area contributed by atoms with E-state index in [1.165, 1.54) is 31.2 Å². The first-order chi connectivity index (χ1) is 7.20. The Hall–Kier alpha value is -0.790. The maximum atomic E-state index is 4.51. The van der Waals surface area contributed by atoms with E-state index < -0.39 is 0 Å². The van der Waals surface area contributed by atoms with Gasteiger partial charge in [-0.05, 0) is 30.2 Å². The number of aromatic nitrogens is 2. The average molecular weight is 206 g/mol. The molecule has 2 nitrogen and oxygen atoms in total. The molecule has 0 aromatic carbocycles. The van der Waals surface area contributed by atoms with Gasteiger partial charge in [-0.1, -0.05) is 33.6 Å². The van der Waals surface area contributed by atoms with Crippen molar-refractivity contribution in [2.45, 2.75) is 58.4 Å². The Bertz CT molecular complexity index is 310. The Morgan fingerprint density at radius 2 is 2.20 bits per heavy atom. The molecule has 0 bridgehead atoms. The monoisotopic (exact) mass is 206 g/mol. The van der Waals surface area contributed by atoms with Crippen LogP contribution in [0.25, 0.3) is 0 Å². The Labute approximate surface area is 92.7 Å². The van der Waals surface area contributed by atoms with E-state index in [-0.39, 0.29) is 0 Å². The van der Waals surface area contributed by atoms with Crippen molar-refractivity contribution in [2.75, 3.05) is 0 Å². The lowest BCUT2D eigenvalue weighted by atomic mass is 10.1. The second kappa shape index (κ2) is 4.38. The summed E-state index contributed by atoms with van der Waals surface area (Å²) in [5, 5.41) is 4.51. The van der Waals surface area contributed by atoms with Crippen molar-refractivity contribution < 1.29 is 0 Å². The summed E-state index contributed by atoms with van der Waals surface area (Å²) in [6.07, 6.45) is 9.68. The molecule has 15 heavy (non-hydrogen) atoms. The molecule has 0 saturated heterocycles. The molecule has 1 fully saturated rings. The molecule has 0 spiro atoms. The van der Waals surface area contributed by atoms with Crippen LogP contribution >= 0.6 is 0 Å². The molecular formula is C13H22N2. The first-order valence-corrected chi connectivity index (χ1v) is 6.24. The maximum Gasteiger partial charge on any atom is 0.0524 e. The summed E-state index contributed by atoms with van der Waals surface area (Å²) in [7, 11) is 0. The highest BCUT2D eigenvalue weighted by atomic mass is 15.3. The van der Waals surface area contributed by atoms with Crippen LogP contribution in [-0.4, -0.2) is 9.78 Å². The summed E-state index contributed by atoms with van der Waals surface area (Å²) in [6, 6.07) is 0.630. The quantitative estimate of drug-likeness (QED) is 0.717. The van der Waals surface area contributed by atoms with E-state index in [2.05, 4.69) is 36.7 Å². The zero-order chi connectivity index (χ0) is 10.8. The number of hydrogen-bond acceptors (Lipinski definition) is 1. The Kier molecular flexibility index (Phi) is 3.13. The average Bonchev–Trinajstić information content (AvgIpc) is 2.89. The summed E-state index contributed by atoms with van der Waals surface area (Å²) in [4.78, 5) is 0. The van der Waals surface area contributed by atoms with Gasteiger partial charge in [-0.15, -0.1) is 0 Å². The highest BCUT2D eigenvalue weighted by Gasteiger charge is 2.25. The lowest BCUT2D eigenvalue weighted by molar-refractivity contribution is 0.393. The zero-order valence-electron chi connectivity index (χ0n) is 10.1. The molecule has 1 atom stereocenters. The van der Waals surface area contributed by atoms with E-state index in [1.807, 2.05) is 6.20 Å². The molecule has 1 heterocycles. The van der Waals surface area contributed by atoms with Crippen molar-refractivity contribution in [3.05, 3.63) is 18.0 Å². The van der Waals surface area contributed by atoms with Gasteiger partial charge in [0.25, 0.3) is 0 Å². The normalized spacial score (nSPS) is 18.4. The largest absolute Gasteiger partial charge is 0.269 e. The molecule has 1 saturated carbocycles. The molecule has 1 unspecified atom stereocenters. The van der Waals surface area contributed by atoms with Crippen molar-refractivity contribution in [3.8, 4) is 0 Å². The molecule has 2 heteroatoms. The lowest BCUT2D eigenvalue weighted by Crippen LogP contribution is -2.09. The van der Waals surface area contributed by atoms with Gasteiger partial charge in [0.05, 0.1) is 12.2 Å². The van der Waals surface area contributed by atoms with Crippen LogP contribution in [-0.2, 0) is 0 Å². The molecule has 0 aliphatic heterocycles. The fraction of sp³-hybridized carbons (Fsp3) is 0.769. The van der Waals surface area contributed by atoms with Gasteiger partial charge in [-0.2, -0.15) is 5.10 Å². The lowest BCUT2D eigenvalue weighted by Gasteiger charge is -2.14. The van der Waals surface area contributed by atoms with Crippen molar-refractivity contribution in [2.24, 2.45) is 5.92 Å². The molecular weight excluding hydrogens is 184 g/mol. The Morgan fingerprint density at radius 3 is 2.67 bits per heavy atom. The van der Waals surface area contributed by atoms with Crippen LogP contribution in [0.3, 0.4) is 0 Å². The van der Waals surface area contributed by atoms with Crippen LogP contribution in [0.15, 0.2) is 12.4 Å². The Balaban J connectivity index is 2.04. The van der Waals surface area contributed by atoms with E-state index >= 15 is 0 Å². The van der Waals surface area contributed by atoms with E-state index in [0.717, 1.165) is 5.92 Å². The smallest absolute Gasteiger partial charge is 0.0524 e. The van der Waals surface area contributed by atoms with Gasteiger partial charge in [-0.25, -0.2) is 0 Å². The third-order valence-corrected chi connectivity index (χ3v) is 3.44. The predicted molar refractivity (Wildman–Crippen MR) is 63.0 cm³/mol. The highest BCUT2D eigenvalue weighted by molar-refractivity contribution is 5.09. The van der Waals surface area contributed by atoms with Crippen LogP contribution in [0.1, 0.15) is 64.0 Å². The molecule has 0 amide bonds. The minimum absolute atomic E-state index is 0.595. The molecule has 1 aliphatic carbocycles. The maximum absolute atomic E-state index is 4.51. The molecule has 1 aromatic heterocycles. The fourth-order valence-electron chi connectivity index (χ4n) is 2.05. The van der Waals surface area contributed by atoms with E-state index in [0.29, 0.717) is 12.0 Å².